The van der Waals surface area contributed by atoms with Gasteiger partial charge in [-0.3, -0.25) is 0 Å². The Morgan fingerprint density at radius 2 is 2.04 bits per heavy atom. The van der Waals surface area contributed by atoms with Gasteiger partial charge < -0.3 is 9.51 Å². The molecule has 1 aromatic carbocycles. The molecule has 23 heavy (non-hydrogen) atoms. The first-order valence-corrected chi connectivity index (χ1v) is 8.71. The Hall–Kier alpha value is -2.12. The molecule has 1 N–H and O–H groups in total. The van der Waals surface area contributed by atoms with Gasteiger partial charge in [-0.1, -0.05) is 47.3 Å². The molecular formula is C16H11BrN4OS. The maximum Gasteiger partial charge on any atom is 0.178 e. The predicted molar refractivity (Wildman–Crippen MR) is 93.1 cm³/mol. The average molecular weight is 387 g/mol. The van der Waals surface area contributed by atoms with Crippen molar-refractivity contribution in [3.8, 4) is 11.3 Å². The highest BCUT2D eigenvalue weighted by atomic mass is 79.9. The first kappa shape index (κ1) is 14.5. The SMILES string of the molecule is Brc1cnc2nc(SCc3cc(-c4ccccc4)on3)[nH]c2c1. The molecule has 5 nitrogen and oxygen atoms in total. The Morgan fingerprint density at radius 1 is 1.17 bits per heavy atom. The molecule has 0 spiro atoms. The second kappa shape index (κ2) is 6.17. The smallest absolute Gasteiger partial charge is 0.178 e. The molecule has 4 rings (SSSR count). The minimum atomic E-state index is 0.678. The van der Waals surface area contributed by atoms with Gasteiger partial charge in [-0.25, -0.2) is 9.97 Å². The second-order valence-corrected chi connectivity index (χ2v) is 6.78. The average Bonchev–Trinajstić information content (AvgIpc) is 3.20. The summed E-state index contributed by atoms with van der Waals surface area (Å²) in [5.74, 6) is 1.45. The largest absolute Gasteiger partial charge is 0.356 e. The number of imidazole rings is 1. The van der Waals surface area contributed by atoms with E-state index in [4.69, 9.17) is 4.52 Å². The van der Waals surface area contributed by atoms with E-state index in [1.807, 2.05) is 42.5 Å². The van der Waals surface area contributed by atoms with Crippen molar-refractivity contribution in [2.24, 2.45) is 0 Å². The molecule has 4 aromatic rings. The van der Waals surface area contributed by atoms with Crippen LogP contribution < -0.4 is 0 Å². The third-order valence-corrected chi connectivity index (χ3v) is 4.60. The number of aromatic amines is 1. The quantitative estimate of drug-likeness (QED) is 0.516. The van der Waals surface area contributed by atoms with E-state index in [-0.39, 0.29) is 0 Å². The molecule has 0 saturated heterocycles. The summed E-state index contributed by atoms with van der Waals surface area (Å²) in [6, 6.07) is 13.9. The van der Waals surface area contributed by atoms with Gasteiger partial charge in [0.15, 0.2) is 16.6 Å². The van der Waals surface area contributed by atoms with Crippen LogP contribution in [-0.4, -0.2) is 20.1 Å². The van der Waals surface area contributed by atoms with Crippen molar-refractivity contribution in [2.45, 2.75) is 10.9 Å². The van der Waals surface area contributed by atoms with Crippen LogP contribution in [0.1, 0.15) is 5.69 Å². The van der Waals surface area contributed by atoms with Gasteiger partial charge in [0.1, 0.15) is 0 Å². The number of pyridine rings is 1. The number of hydrogen-bond acceptors (Lipinski definition) is 5. The summed E-state index contributed by atoms with van der Waals surface area (Å²) in [5, 5.41) is 4.93. The predicted octanol–water partition coefficient (Wildman–Crippen LogP) is 4.67. The lowest BCUT2D eigenvalue weighted by atomic mass is 10.2. The van der Waals surface area contributed by atoms with E-state index in [2.05, 4.69) is 36.0 Å². The molecule has 0 amide bonds. The number of nitrogens with zero attached hydrogens (tertiary/aromatic N) is 3. The van der Waals surface area contributed by atoms with E-state index in [0.717, 1.165) is 32.2 Å². The normalized spacial score (nSPS) is 11.2. The van der Waals surface area contributed by atoms with Gasteiger partial charge >= 0.3 is 0 Å². The van der Waals surface area contributed by atoms with E-state index in [1.54, 1.807) is 18.0 Å². The molecule has 0 bridgehead atoms. The number of rotatable bonds is 4. The maximum absolute atomic E-state index is 5.40. The Labute approximate surface area is 144 Å². The van der Waals surface area contributed by atoms with Crippen LogP contribution >= 0.6 is 27.7 Å². The van der Waals surface area contributed by atoms with Gasteiger partial charge in [0.05, 0.1) is 11.2 Å². The molecule has 0 aliphatic heterocycles. The van der Waals surface area contributed by atoms with Crippen LogP contribution in [0.4, 0.5) is 0 Å². The minimum Gasteiger partial charge on any atom is -0.356 e. The Kier molecular flexibility index (Phi) is 3.88. The van der Waals surface area contributed by atoms with Crippen molar-refractivity contribution in [1.29, 1.82) is 0 Å². The van der Waals surface area contributed by atoms with Crippen LogP contribution in [0, 0.1) is 0 Å². The van der Waals surface area contributed by atoms with Crippen molar-refractivity contribution in [3.05, 3.63) is 58.8 Å². The Bertz CT molecular complexity index is 951. The molecule has 0 atom stereocenters. The summed E-state index contributed by atoms with van der Waals surface area (Å²) in [7, 11) is 0. The number of aromatic nitrogens is 4. The molecule has 0 fully saturated rings. The Balaban J connectivity index is 1.49. The van der Waals surface area contributed by atoms with Crippen molar-refractivity contribution in [2.75, 3.05) is 0 Å². The first-order chi connectivity index (χ1) is 11.3. The zero-order valence-corrected chi connectivity index (χ0v) is 14.3. The fourth-order valence-electron chi connectivity index (χ4n) is 2.18. The molecule has 0 radical (unpaired) electrons. The zero-order chi connectivity index (χ0) is 15.6. The molecule has 3 heterocycles. The van der Waals surface area contributed by atoms with Crippen LogP contribution in [0.15, 0.2) is 62.8 Å². The monoisotopic (exact) mass is 386 g/mol. The van der Waals surface area contributed by atoms with Crippen LogP contribution in [-0.2, 0) is 5.75 Å². The summed E-state index contributed by atoms with van der Waals surface area (Å²) in [5.41, 5.74) is 3.52. The highest BCUT2D eigenvalue weighted by molar-refractivity contribution is 9.10. The standard InChI is InChI=1S/C16H11BrN4OS/c17-11-6-13-15(18-8-11)20-16(19-13)23-9-12-7-14(22-21-12)10-4-2-1-3-5-10/h1-8H,9H2,(H,18,19,20). The van der Waals surface area contributed by atoms with E-state index in [9.17, 15) is 0 Å². The third kappa shape index (κ3) is 3.16. The number of thioether (sulfide) groups is 1. The second-order valence-electron chi connectivity index (χ2n) is 4.90. The highest BCUT2D eigenvalue weighted by Crippen LogP contribution is 2.26. The molecule has 114 valence electrons. The van der Waals surface area contributed by atoms with Gasteiger partial charge in [-0.15, -0.1) is 0 Å². The summed E-state index contributed by atoms with van der Waals surface area (Å²) in [6.07, 6.45) is 1.74. The lowest BCUT2D eigenvalue weighted by Crippen LogP contribution is -1.81. The van der Waals surface area contributed by atoms with Gasteiger partial charge in [-0.05, 0) is 22.0 Å². The van der Waals surface area contributed by atoms with Crippen molar-refractivity contribution in [3.63, 3.8) is 0 Å². The number of H-pyrrole nitrogens is 1. The van der Waals surface area contributed by atoms with Crippen LogP contribution in [0.5, 0.6) is 0 Å². The highest BCUT2D eigenvalue weighted by Gasteiger charge is 2.09. The third-order valence-electron chi connectivity index (χ3n) is 3.26. The van der Waals surface area contributed by atoms with Gasteiger partial charge in [0.25, 0.3) is 0 Å². The van der Waals surface area contributed by atoms with Crippen LogP contribution in [0.2, 0.25) is 0 Å². The van der Waals surface area contributed by atoms with Gasteiger partial charge in [-0.2, -0.15) is 0 Å². The summed E-state index contributed by atoms with van der Waals surface area (Å²) in [4.78, 5) is 12.0. The van der Waals surface area contributed by atoms with Crippen molar-refractivity contribution < 1.29 is 4.52 Å². The molecule has 3 aromatic heterocycles. The van der Waals surface area contributed by atoms with E-state index in [0.29, 0.717) is 11.4 Å². The lowest BCUT2D eigenvalue weighted by Gasteiger charge is -1.92. The van der Waals surface area contributed by atoms with Crippen LogP contribution in [0.3, 0.4) is 0 Å². The number of hydrogen-bond donors (Lipinski definition) is 1. The van der Waals surface area contributed by atoms with E-state index < -0.39 is 0 Å². The Morgan fingerprint density at radius 3 is 2.91 bits per heavy atom. The fourth-order valence-corrected chi connectivity index (χ4v) is 3.27. The molecule has 0 unspecified atom stereocenters. The van der Waals surface area contributed by atoms with Gasteiger partial charge in [0.2, 0.25) is 0 Å². The zero-order valence-electron chi connectivity index (χ0n) is 11.9. The number of halogens is 1. The van der Waals surface area contributed by atoms with E-state index in [1.165, 1.54) is 0 Å². The molecule has 0 aliphatic carbocycles. The fraction of sp³-hybridized carbons (Fsp3) is 0.0625. The maximum atomic E-state index is 5.40. The number of benzene rings is 1. The molecule has 7 heteroatoms. The first-order valence-electron chi connectivity index (χ1n) is 6.93. The van der Waals surface area contributed by atoms with Crippen molar-refractivity contribution in [1.82, 2.24) is 20.1 Å². The minimum absolute atomic E-state index is 0.678. The summed E-state index contributed by atoms with van der Waals surface area (Å²) >= 11 is 4.97. The van der Waals surface area contributed by atoms with Crippen molar-refractivity contribution >= 4 is 38.9 Å². The summed E-state index contributed by atoms with van der Waals surface area (Å²) in [6.45, 7) is 0. The number of fused-ring (bicyclic) bond motifs is 1. The molecule has 0 saturated carbocycles. The van der Waals surface area contributed by atoms with Gasteiger partial charge in [0, 0.05) is 28.1 Å². The van der Waals surface area contributed by atoms with E-state index >= 15 is 0 Å². The molecule has 0 aliphatic rings. The summed E-state index contributed by atoms with van der Waals surface area (Å²) < 4.78 is 6.33. The number of nitrogens with one attached hydrogen (secondary N) is 1. The lowest BCUT2D eigenvalue weighted by molar-refractivity contribution is 0.426. The molecular weight excluding hydrogens is 376 g/mol. The topological polar surface area (TPSA) is 67.6 Å². The van der Waals surface area contributed by atoms with Crippen LogP contribution in [0.25, 0.3) is 22.5 Å².